The minimum absolute atomic E-state index is 0.316. The van der Waals surface area contributed by atoms with Crippen LogP contribution in [0.3, 0.4) is 0 Å². The van der Waals surface area contributed by atoms with Crippen molar-refractivity contribution in [3.8, 4) is 0 Å². The number of aliphatic carboxylic acids is 1. The fourth-order valence-corrected chi connectivity index (χ4v) is 0.977. The van der Waals surface area contributed by atoms with Crippen LogP contribution in [0.1, 0.15) is 6.42 Å². The number of hydrogen-bond acceptors (Lipinski definition) is 4. The van der Waals surface area contributed by atoms with Crippen LogP contribution >= 0.6 is 0 Å². The van der Waals surface area contributed by atoms with Crippen molar-refractivity contribution in [2.24, 2.45) is 0 Å². The zero-order valence-corrected chi connectivity index (χ0v) is 5.95. The lowest BCUT2D eigenvalue weighted by Crippen LogP contribution is -2.37. The summed E-state index contributed by atoms with van der Waals surface area (Å²) >= 11 is 0. The molecule has 1 aliphatic rings. The molecule has 0 aromatic carbocycles. The molecule has 0 bridgehead atoms. The van der Waals surface area contributed by atoms with Crippen LogP contribution in [0.2, 0.25) is 0 Å². The summed E-state index contributed by atoms with van der Waals surface area (Å²) in [6, 6.07) is 0. The number of rotatable bonds is 3. The Bertz CT molecular complexity index is 149. The van der Waals surface area contributed by atoms with Crippen LogP contribution in [0.4, 0.5) is 0 Å². The summed E-state index contributed by atoms with van der Waals surface area (Å²) in [5, 5.41) is 17.2. The number of ether oxygens (including phenoxy) is 2. The van der Waals surface area contributed by atoms with Crippen LogP contribution < -0.4 is 0 Å². The van der Waals surface area contributed by atoms with Gasteiger partial charge in [-0.15, -0.1) is 0 Å². The predicted octanol–water partition coefficient (Wildman–Crippen LogP) is -0.804. The zero-order valence-electron chi connectivity index (χ0n) is 5.95. The molecule has 1 rings (SSSR count). The van der Waals surface area contributed by atoms with E-state index in [4.69, 9.17) is 19.7 Å². The SMILES string of the molecule is O=C(O)CC1(CO)OCCO1. The largest absolute Gasteiger partial charge is 0.481 e. The number of aliphatic hydroxyl groups excluding tert-OH is 1. The van der Waals surface area contributed by atoms with Crippen LogP contribution in [0.15, 0.2) is 0 Å². The molecule has 64 valence electrons. The van der Waals surface area contributed by atoms with Crippen molar-refractivity contribution in [3.63, 3.8) is 0 Å². The van der Waals surface area contributed by atoms with Gasteiger partial charge in [-0.05, 0) is 0 Å². The lowest BCUT2D eigenvalue weighted by Gasteiger charge is -2.22. The Labute approximate surface area is 63.5 Å². The third kappa shape index (κ3) is 1.89. The summed E-state index contributed by atoms with van der Waals surface area (Å²) in [7, 11) is 0. The summed E-state index contributed by atoms with van der Waals surface area (Å²) in [6.45, 7) is 0.265. The molecule has 0 aliphatic carbocycles. The first kappa shape index (κ1) is 8.45. The van der Waals surface area contributed by atoms with E-state index in [1.807, 2.05) is 0 Å². The molecule has 0 unspecified atom stereocenters. The van der Waals surface area contributed by atoms with Gasteiger partial charge in [0.25, 0.3) is 0 Å². The number of carbonyl (C=O) groups is 1. The van der Waals surface area contributed by atoms with Crippen LogP contribution in [-0.2, 0) is 14.3 Å². The van der Waals surface area contributed by atoms with Gasteiger partial charge in [-0.3, -0.25) is 4.79 Å². The van der Waals surface area contributed by atoms with E-state index in [1.54, 1.807) is 0 Å². The Balaban J connectivity index is 2.52. The maximum absolute atomic E-state index is 10.2. The van der Waals surface area contributed by atoms with Crippen LogP contribution in [-0.4, -0.2) is 41.8 Å². The molecule has 2 N–H and O–H groups in total. The number of carboxylic acid groups (broad SMARTS) is 1. The molecule has 1 heterocycles. The van der Waals surface area contributed by atoms with Crippen LogP contribution in [0.5, 0.6) is 0 Å². The predicted molar refractivity (Wildman–Crippen MR) is 34.0 cm³/mol. The van der Waals surface area contributed by atoms with E-state index in [0.29, 0.717) is 13.2 Å². The molecule has 0 amide bonds. The summed E-state index contributed by atoms with van der Waals surface area (Å²) in [5.74, 6) is -2.33. The van der Waals surface area contributed by atoms with Crippen molar-refractivity contribution in [1.29, 1.82) is 0 Å². The molecule has 5 nitrogen and oxygen atoms in total. The van der Waals surface area contributed by atoms with Crippen molar-refractivity contribution in [3.05, 3.63) is 0 Å². The molecule has 0 spiro atoms. The summed E-state index contributed by atoms with van der Waals surface area (Å²) in [4.78, 5) is 10.2. The van der Waals surface area contributed by atoms with Crippen molar-refractivity contribution >= 4 is 5.97 Å². The molecule has 11 heavy (non-hydrogen) atoms. The second-order valence-corrected chi connectivity index (χ2v) is 2.34. The van der Waals surface area contributed by atoms with Gasteiger partial charge in [0, 0.05) is 0 Å². The smallest absolute Gasteiger partial charge is 0.308 e. The number of aliphatic hydroxyl groups is 1. The van der Waals surface area contributed by atoms with Crippen molar-refractivity contribution in [1.82, 2.24) is 0 Å². The molecular weight excluding hydrogens is 152 g/mol. The third-order valence-electron chi connectivity index (χ3n) is 1.48. The third-order valence-corrected chi connectivity index (χ3v) is 1.48. The highest BCUT2D eigenvalue weighted by molar-refractivity contribution is 5.67. The molecule has 0 saturated carbocycles. The molecule has 0 aromatic rings. The Hall–Kier alpha value is -0.650. The molecule has 0 atom stereocenters. The summed E-state index contributed by atoms with van der Waals surface area (Å²) in [6.07, 6.45) is -0.316. The number of hydrogen-bond donors (Lipinski definition) is 2. The van der Waals surface area contributed by atoms with Gasteiger partial charge in [-0.1, -0.05) is 0 Å². The highest BCUT2D eigenvalue weighted by atomic mass is 16.7. The van der Waals surface area contributed by atoms with E-state index in [1.165, 1.54) is 0 Å². The van der Waals surface area contributed by atoms with Gasteiger partial charge in [0.1, 0.15) is 6.42 Å². The van der Waals surface area contributed by atoms with Gasteiger partial charge in [0.15, 0.2) is 0 Å². The van der Waals surface area contributed by atoms with Gasteiger partial charge in [-0.25, -0.2) is 0 Å². The van der Waals surface area contributed by atoms with Crippen molar-refractivity contribution in [2.45, 2.75) is 12.2 Å². The van der Waals surface area contributed by atoms with Gasteiger partial charge in [0.05, 0.1) is 19.8 Å². The first-order chi connectivity index (χ1) is 5.18. The Morgan fingerprint density at radius 3 is 2.36 bits per heavy atom. The highest BCUT2D eigenvalue weighted by Crippen LogP contribution is 2.22. The van der Waals surface area contributed by atoms with E-state index in [2.05, 4.69) is 0 Å². The molecular formula is C6H10O5. The van der Waals surface area contributed by atoms with E-state index in [0.717, 1.165) is 0 Å². The van der Waals surface area contributed by atoms with Crippen LogP contribution in [0.25, 0.3) is 0 Å². The minimum atomic E-state index is -1.29. The second-order valence-electron chi connectivity index (χ2n) is 2.34. The molecule has 0 aromatic heterocycles. The summed E-state index contributed by atoms with van der Waals surface area (Å²) < 4.78 is 9.90. The Morgan fingerprint density at radius 1 is 1.45 bits per heavy atom. The Kier molecular flexibility index (Phi) is 2.43. The van der Waals surface area contributed by atoms with Crippen molar-refractivity contribution < 1.29 is 24.5 Å². The molecule has 1 saturated heterocycles. The van der Waals surface area contributed by atoms with E-state index < -0.39 is 18.4 Å². The molecule has 1 aliphatic heterocycles. The van der Waals surface area contributed by atoms with E-state index >= 15 is 0 Å². The maximum Gasteiger partial charge on any atom is 0.308 e. The van der Waals surface area contributed by atoms with Crippen molar-refractivity contribution in [2.75, 3.05) is 19.8 Å². The topological polar surface area (TPSA) is 76.0 Å². The van der Waals surface area contributed by atoms with Gasteiger partial charge in [0.2, 0.25) is 5.79 Å². The fraction of sp³-hybridized carbons (Fsp3) is 0.833. The van der Waals surface area contributed by atoms with E-state index in [-0.39, 0.29) is 6.42 Å². The highest BCUT2D eigenvalue weighted by Gasteiger charge is 2.38. The second kappa shape index (κ2) is 3.17. The normalized spacial score (nSPS) is 21.9. The zero-order chi connectivity index (χ0) is 8.32. The molecule has 0 radical (unpaired) electrons. The molecule has 1 fully saturated rings. The maximum atomic E-state index is 10.2. The van der Waals surface area contributed by atoms with E-state index in [9.17, 15) is 4.79 Å². The monoisotopic (exact) mass is 162 g/mol. The first-order valence-electron chi connectivity index (χ1n) is 3.29. The average molecular weight is 162 g/mol. The lowest BCUT2D eigenvalue weighted by atomic mass is 10.2. The lowest BCUT2D eigenvalue weighted by molar-refractivity contribution is -0.195. The average Bonchev–Trinajstić information content (AvgIpc) is 2.36. The standard InChI is InChI=1S/C6H10O5/c7-4-6(3-5(8)9)10-1-2-11-6/h7H,1-4H2,(H,8,9). The number of carboxylic acids is 1. The fourth-order valence-electron chi connectivity index (χ4n) is 0.977. The minimum Gasteiger partial charge on any atom is -0.481 e. The quantitative estimate of drug-likeness (QED) is 0.568. The van der Waals surface area contributed by atoms with Gasteiger partial charge < -0.3 is 19.7 Å². The van der Waals surface area contributed by atoms with Crippen LogP contribution in [0, 0.1) is 0 Å². The van der Waals surface area contributed by atoms with Gasteiger partial charge >= 0.3 is 5.97 Å². The summed E-state index contributed by atoms with van der Waals surface area (Å²) in [5.41, 5.74) is 0. The van der Waals surface area contributed by atoms with Gasteiger partial charge in [-0.2, -0.15) is 0 Å². The molecule has 5 heteroatoms. The first-order valence-corrected chi connectivity index (χ1v) is 3.29. The Morgan fingerprint density at radius 2 is 2.00 bits per heavy atom.